The summed E-state index contributed by atoms with van der Waals surface area (Å²) >= 11 is 0. The van der Waals surface area contributed by atoms with Gasteiger partial charge in [0.15, 0.2) is 0 Å². The lowest BCUT2D eigenvalue weighted by Gasteiger charge is -2.30. The number of ether oxygens (including phenoxy) is 1. The van der Waals surface area contributed by atoms with E-state index in [0.717, 1.165) is 25.7 Å². The molecular formula is C14H24N2O4. The first kappa shape index (κ1) is 15.1. The van der Waals surface area contributed by atoms with Gasteiger partial charge in [0.1, 0.15) is 0 Å². The third-order valence-electron chi connectivity index (χ3n) is 4.18. The minimum atomic E-state index is -0.754. The summed E-state index contributed by atoms with van der Waals surface area (Å²) < 4.78 is 5.44. The molecule has 3 N–H and O–H groups in total. The molecule has 0 aromatic carbocycles. The summed E-state index contributed by atoms with van der Waals surface area (Å²) in [6, 6.07) is -0.0557. The third kappa shape index (κ3) is 4.37. The van der Waals surface area contributed by atoms with Crippen LogP contribution in [0.5, 0.6) is 0 Å². The first-order chi connectivity index (χ1) is 9.54. The number of hydrogen-bond acceptors (Lipinski definition) is 3. The van der Waals surface area contributed by atoms with E-state index in [1.807, 2.05) is 6.92 Å². The number of hydrogen-bond donors (Lipinski definition) is 3. The molecular weight excluding hydrogens is 260 g/mol. The van der Waals surface area contributed by atoms with Crippen molar-refractivity contribution < 1.29 is 19.4 Å². The zero-order chi connectivity index (χ0) is 14.5. The van der Waals surface area contributed by atoms with Gasteiger partial charge in [-0.15, -0.1) is 0 Å². The Hall–Kier alpha value is -1.30. The summed E-state index contributed by atoms with van der Waals surface area (Å²) in [5.41, 5.74) is 0. The van der Waals surface area contributed by atoms with E-state index in [2.05, 4.69) is 10.6 Å². The molecule has 0 aromatic rings. The van der Waals surface area contributed by atoms with Crippen LogP contribution in [0, 0.1) is 5.92 Å². The second-order valence-electron chi connectivity index (χ2n) is 5.92. The van der Waals surface area contributed by atoms with Crippen LogP contribution >= 0.6 is 0 Å². The molecule has 1 aliphatic heterocycles. The van der Waals surface area contributed by atoms with E-state index >= 15 is 0 Å². The molecule has 6 heteroatoms. The lowest BCUT2D eigenvalue weighted by atomic mass is 9.86. The number of carbonyl (C=O) groups is 2. The van der Waals surface area contributed by atoms with Gasteiger partial charge >= 0.3 is 12.0 Å². The Bertz CT molecular complexity index is 361. The van der Waals surface area contributed by atoms with Gasteiger partial charge in [0, 0.05) is 18.7 Å². The molecule has 6 nitrogen and oxygen atoms in total. The molecule has 0 aromatic heterocycles. The first-order valence-corrected chi connectivity index (χ1v) is 7.46. The maximum absolute atomic E-state index is 12.0. The van der Waals surface area contributed by atoms with Crippen LogP contribution in [0.15, 0.2) is 0 Å². The van der Waals surface area contributed by atoms with Crippen LogP contribution in [0.3, 0.4) is 0 Å². The van der Waals surface area contributed by atoms with Gasteiger partial charge in [-0.05, 0) is 39.0 Å². The normalized spacial score (nSPS) is 34.2. The lowest BCUT2D eigenvalue weighted by molar-refractivity contribution is -0.143. The minimum Gasteiger partial charge on any atom is -0.481 e. The summed E-state index contributed by atoms with van der Waals surface area (Å²) in [7, 11) is 0. The van der Waals surface area contributed by atoms with Crippen molar-refractivity contribution in [1.82, 2.24) is 10.6 Å². The third-order valence-corrected chi connectivity index (χ3v) is 4.18. The summed E-state index contributed by atoms with van der Waals surface area (Å²) in [4.78, 5) is 22.9. The van der Waals surface area contributed by atoms with Crippen molar-refractivity contribution in [3.05, 3.63) is 0 Å². The van der Waals surface area contributed by atoms with Gasteiger partial charge in [0.25, 0.3) is 0 Å². The monoisotopic (exact) mass is 284 g/mol. The molecule has 0 radical (unpaired) electrons. The highest BCUT2D eigenvalue weighted by Crippen LogP contribution is 2.24. The molecule has 1 saturated heterocycles. The molecule has 0 spiro atoms. The largest absolute Gasteiger partial charge is 0.481 e. The molecule has 114 valence electrons. The molecule has 1 heterocycles. The topological polar surface area (TPSA) is 87.7 Å². The highest BCUT2D eigenvalue weighted by atomic mass is 16.5. The number of aliphatic carboxylic acids is 1. The molecule has 20 heavy (non-hydrogen) atoms. The predicted octanol–water partition coefficient (Wildman–Crippen LogP) is 1.50. The van der Waals surface area contributed by atoms with Crippen LogP contribution in [0.1, 0.15) is 45.4 Å². The Kier molecular flexibility index (Phi) is 5.23. The fourth-order valence-corrected chi connectivity index (χ4v) is 3.09. The Morgan fingerprint density at radius 3 is 2.45 bits per heavy atom. The van der Waals surface area contributed by atoms with Gasteiger partial charge in [-0.1, -0.05) is 6.42 Å². The van der Waals surface area contributed by atoms with Crippen LogP contribution in [0.2, 0.25) is 0 Å². The number of nitrogens with one attached hydrogen (secondary N) is 2. The summed E-state index contributed by atoms with van der Waals surface area (Å²) in [5, 5.41) is 14.9. The minimum absolute atomic E-state index is 0.0258. The maximum Gasteiger partial charge on any atom is 0.315 e. The molecule has 2 fully saturated rings. The smallest absolute Gasteiger partial charge is 0.315 e. The Morgan fingerprint density at radius 2 is 1.80 bits per heavy atom. The average molecular weight is 284 g/mol. The molecule has 4 unspecified atom stereocenters. The first-order valence-electron chi connectivity index (χ1n) is 7.46. The SMILES string of the molecule is CC1CC(NC(=O)NC2CCCC(C(=O)O)C2)CCO1. The van der Waals surface area contributed by atoms with Gasteiger partial charge in [-0.3, -0.25) is 4.79 Å². The maximum atomic E-state index is 12.0. The van der Waals surface area contributed by atoms with Crippen molar-refractivity contribution in [2.45, 2.75) is 63.6 Å². The number of amides is 2. The van der Waals surface area contributed by atoms with Crippen molar-refractivity contribution >= 4 is 12.0 Å². The van der Waals surface area contributed by atoms with Crippen molar-refractivity contribution in [1.29, 1.82) is 0 Å². The number of rotatable bonds is 3. The van der Waals surface area contributed by atoms with E-state index in [-0.39, 0.29) is 30.1 Å². The second kappa shape index (κ2) is 6.92. The quantitative estimate of drug-likeness (QED) is 0.733. The molecule has 2 aliphatic rings. The van der Waals surface area contributed by atoms with Crippen molar-refractivity contribution in [3.63, 3.8) is 0 Å². The van der Waals surface area contributed by atoms with E-state index in [1.54, 1.807) is 0 Å². The molecule has 1 saturated carbocycles. The Labute approximate surface area is 119 Å². The average Bonchev–Trinajstić information content (AvgIpc) is 2.38. The van der Waals surface area contributed by atoms with Crippen LogP contribution in [-0.4, -0.2) is 41.9 Å². The molecule has 1 aliphatic carbocycles. The van der Waals surface area contributed by atoms with Gasteiger partial charge < -0.3 is 20.5 Å². The van der Waals surface area contributed by atoms with Crippen LogP contribution in [-0.2, 0) is 9.53 Å². The van der Waals surface area contributed by atoms with Crippen molar-refractivity contribution in [3.8, 4) is 0 Å². The summed E-state index contributed by atoms with van der Waals surface area (Å²) in [6.45, 7) is 2.68. The highest BCUT2D eigenvalue weighted by molar-refractivity contribution is 5.75. The second-order valence-corrected chi connectivity index (χ2v) is 5.92. The van der Waals surface area contributed by atoms with Gasteiger partial charge in [-0.2, -0.15) is 0 Å². The lowest BCUT2D eigenvalue weighted by Crippen LogP contribution is -2.50. The standard InChI is InChI=1S/C14H24N2O4/c1-9-7-12(5-6-20-9)16-14(19)15-11-4-2-3-10(8-11)13(17)18/h9-12H,2-8H2,1H3,(H,17,18)(H2,15,16,19). The number of urea groups is 1. The van der Waals surface area contributed by atoms with Crippen LogP contribution in [0.4, 0.5) is 4.79 Å². The van der Waals surface area contributed by atoms with E-state index in [1.165, 1.54) is 0 Å². The van der Waals surface area contributed by atoms with Gasteiger partial charge in [0.2, 0.25) is 0 Å². The van der Waals surface area contributed by atoms with E-state index in [4.69, 9.17) is 9.84 Å². The molecule has 2 amide bonds. The molecule has 0 bridgehead atoms. The van der Waals surface area contributed by atoms with E-state index < -0.39 is 5.97 Å². The summed E-state index contributed by atoms with van der Waals surface area (Å²) in [5.74, 6) is -1.08. The van der Waals surface area contributed by atoms with Crippen molar-refractivity contribution in [2.75, 3.05) is 6.61 Å². The predicted molar refractivity (Wildman–Crippen MR) is 73.5 cm³/mol. The fraction of sp³-hybridized carbons (Fsp3) is 0.857. The number of carbonyl (C=O) groups excluding carboxylic acids is 1. The van der Waals surface area contributed by atoms with Gasteiger partial charge in [-0.25, -0.2) is 4.79 Å². The van der Waals surface area contributed by atoms with Crippen LogP contribution in [0.25, 0.3) is 0 Å². The zero-order valence-corrected chi connectivity index (χ0v) is 11.9. The highest BCUT2D eigenvalue weighted by Gasteiger charge is 2.28. The van der Waals surface area contributed by atoms with Crippen molar-refractivity contribution in [2.24, 2.45) is 5.92 Å². The number of carboxylic acids is 1. The Balaban J connectivity index is 1.74. The number of carboxylic acid groups (broad SMARTS) is 1. The van der Waals surface area contributed by atoms with Crippen LogP contribution < -0.4 is 10.6 Å². The van der Waals surface area contributed by atoms with E-state index in [0.29, 0.717) is 19.4 Å². The fourth-order valence-electron chi connectivity index (χ4n) is 3.09. The summed E-state index contributed by atoms with van der Waals surface area (Å²) in [6.07, 6.45) is 4.81. The molecule has 2 rings (SSSR count). The van der Waals surface area contributed by atoms with E-state index in [9.17, 15) is 9.59 Å². The van der Waals surface area contributed by atoms with Gasteiger partial charge in [0.05, 0.1) is 12.0 Å². The zero-order valence-electron chi connectivity index (χ0n) is 11.9. The molecule has 4 atom stereocenters. The Morgan fingerprint density at radius 1 is 1.10 bits per heavy atom.